The summed E-state index contributed by atoms with van der Waals surface area (Å²) in [6, 6.07) is 8.85. The number of para-hydroxylation sites is 2. The van der Waals surface area contributed by atoms with Crippen molar-refractivity contribution >= 4 is 17.1 Å². The van der Waals surface area contributed by atoms with Crippen LogP contribution < -0.4 is 4.90 Å². The summed E-state index contributed by atoms with van der Waals surface area (Å²) < 4.78 is 7.25. The standard InChI is InChI=1S/C16H22N3O/c1-2-7-15-14(6-1)17-16(20-15)18-8-5-12-19(13-9-18)10-3-4-11-19/h1-2,6-7H,3-5,8-13H2/q+1. The van der Waals surface area contributed by atoms with Crippen LogP contribution in [0, 0.1) is 0 Å². The van der Waals surface area contributed by atoms with Gasteiger partial charge in [0.25, 0.3) is 6.01 Å². The molecule has 1 aromatic carbocycles. The predicted octanol–water partition coefficient (Wildman–Crippen LogP) is 2.65. The van der Waals surface area contributed by atoms with Crippen molar-refractivity contribution < 1.29 is 8.90 Å². The van der Waals surface area contributed by atoms with Gasteiger partial charge in [-0.1, -0.05) is 12.1 Å². The molecule has 106 valence electrons. The molecule has 1 aromatic heterocycles. The van der Waals surface area contributed by atoms with Gasteiger partial charge < -0.3 is 13.8 Å². The van der Waals surface area contributed by atoms with E-state index < -0.39 is 0 Å². The second-order valence-corrected chi connectivity index (χ2v) is 6.25. The SMILES string of the molecule is c1ccc2oc(N3CCC[N+]4(CCCC4)CC3)nc2c1. The van der Waals surface area contributed by atoms with Crippen molar-refractivity contribution in [2.45, 2.75) is 19.3 Å². The summed E-state index contributed by atoms with van der Waals surface area (Å²) in [7, 11) is 0. The smallest absolute Gasteiger partial charge is 0.298 e. The maximum absolute atomic E-state index is 5.92. The quantitative estimate of drug-likeness (QED) is 0.747. The van der Waals surface area contributed by atoms with Gasteiger partial charge in [-0.2, -0.15) is 4.98 Å². The number of fused-ring (bicyclic) bond motifs is 1. The lowest BCUT2D eigenvalue weighted by molar-refractivity contribution is -0.914. The third kappa shape index (κ3) is 2.08. The number of hydrogen-bond acceptors (Lipinski definition) is 3. The summed E-state index contributed by atoms with van der Waals surface area (Å²) in [5, 5.41) is 0. The van der Waals surface area contributed by atoms with Crippen LogP contribution in [0.25, 0.3) is 11.1 Å². The lowest BCUT2D eigenvalue weighted by atomic mass is 10.3. The maximum atomic E-state index is 5.92. The minimum absolute atomic E-state index is 0.811. The molecule has 4 heteroatoms. The zero-order valence-corrected chi connectivity index (χ0v) is 11.9. The molecule has 1 spiro atoms. The van der Waals surface area contributed by atoms with Gasteiger partial charge in [0, 0.05) is 25.8 Å². The molecule has 2 aliphatic heterocycles. The zero-order valence-electron chi connectivity index (χ0n) is 11.9. The van der Waals surface area contributed by atoms with E-state index in [1.807, 2.05) is 24.3 Å². The maximum Gasteiger partial charge on any atom is 0.298 e. The molecule has 0 unspecified atom stereocenters. The second kappa shape index (κ2) is 4.77. The topological polar surface area (TPSA) is 29.3 Å². The van der Waals surface area contributed by atoms with E-state index >= 15 is 0 Å². The van der Waals surface area contributed by atoms with Crippen molar-refractivity contribution in [3.05, 3.63) is 24.3 Å². The monoisotopic (exact) mass is 272 g/mol. The van der Waals surface area contributed by atoms with Crippen LogP contribution in [0.3, 0.4) is 0 Å². The molecule has 0 N–H and O–H groups in total. The molecule has 4 rings (SSSR count). The Morgan fingerprint density at radius 2 is 1.75 bits per heavy atom. The minimum Gasteiger partial charge on any atom is -0.423 e. The number of quaternary nitrogens is 1. The number of oxazole rings is 1. The molecule has 0 atom stereocenters. The Bertz CT molecular complexity index is 568. The number of rotatable bonds is 1. The third-order valence-electron chi connectivity index (χ3n) is 4.97. The van der Waals surface area contributed by atoms with E-state index in [2.05, 4.69) is 9.88 Å². The van der Waals surface area contributed by atoms with Crippen LogP contribution in [0.2, 0.25) is 0 Å². The molecule has 20 heavy (non-hydrogen) atoms. The van der Waals surface area contributed by atoms with Crippen molar-refractivity contribution in [1.29, 1.82) is 0 Å². The molecular formula is C16H22N3O+. The highest BCUT2D eigenvalue weighted by Gasteiger charge is 2.34. The molecule has 0 saturated carbocycles. The summed E-state index contributed by atoms with van der Waals surface area (Å²) in [5.74, 6) is 0. The molecule has 0 radical (unpaired) electrons. The predicted molar refractivity (Wildman–Crippen MR) is 79.8 cm³/mol. The number of hydrogen-bond donors (Lipinski definition) is 0. The highest BCUT2D eigenvalue weighted by molar-refractivity contribution is 5.74. The first kappa shape index (κ1) is 12.2. The van der Waals surface area contributed by atoms with Crippen molar-refractivity contribution in [1.82, 2.24) is 4.98 Å². The van der Waals surface area contributed by atoms with Crippen LogP contribution >= 0.6 is 0 Å². The lowest BCUT2D eigenvalue weighted by Gasteiger charge is -2.32. The highest BCUT2D eigenvalue weighted by Crippen LogP contribution is 2.26. The Labute approximate surface area is 119 Å². The Morgan fingerprint density at radius 1 is 0.950 bits per heavy atom. The molecule has 0 bridgehead atoms. The first-order valence-electron chi connectivity index (χ1n) is 7.80. The Balaban J connectivity index is 1.56. The molecule has 0 amide bonds. The summed E-state index contributed by atoms with van der Waals surface area (Å²) in [5.41, 5.74) is 1.87. The van der Waals surface area contributed by atoms with Gasteiger partial charge in [0.2, 0.25) is 0 Å². The Morgan fingerprint density at radius 3 is 2.60 bits per heavy atom. The molecule has 3 heterocycles. The van der Waals surface area contributed by atoms with Crippen LogP contribution in [0.5, 0.6) is 0 Å². The van der Waals surface area contributed by atoms with E-state index in [9.17, 15) is 0 Å². The van der Waals surface area contributed by atoms with Gasteiger partial charge >= 0.3 is 0 Å². The molecule has 4 nitrogen and oxygen atoms in total. The number of nitrogens with zero attached hydrogens (tertiary/aromatic N) is 3. The Hall–Kier alpha value is -1.55. The molecule has 2 aliphatic rings. The number of benzene rings is 1. The van der Waals surface area contributed by atoms with E-state index in [1.54, 1.807) is 0 Å². The van der Waals surface area contributed by atoms with Gasteiger partial charge in [-0.3, -0.25) is 0 Å². The van der Waals surface area contributed by atoms with E-state index in [0.29, 0.717) is 0 Å². The summed E-state index contributed by atoms with van der Waals surface area (Å²) in [4.78, 5) is 6.98. The van der Waals surface area contributed by atoms with Crippen molar-refractivity contribution in [3.63, 3.8) is 0 Å². The average molecular weight is 272 g/mol. The van der Waals surface area contributed by atoms with Gasteiger partial charge in [0.1, 0.15) is 5.52 Å². The summed E-state index contributed by atoms with van der Waals surface area (Å²) >= 11 is 0. The van der Waals surface area contributed by atoms with Gasteiger partial charge in [-0.25, -0.2) is 0 Å². The minimum atomic E-state index is 0.811. The third-order valence-corrected chi connectivity index (χ3v) is 4.97. The average Bonchev–Trinajstić information content (AvgIpc) is 3.03. The Kier molecular flexibility index (Phi) is 2.91. The zero-order chi connectivity index (χ0) is 13.4. The van der Waals surface area contributed by atoms with Gasteiger partial charge in [0.15, 0.2) is 5.58 Å². The molecule has 2 fully saturated rings. The first-order valence-corrected chi connectivity index (χ1v) is 7.80. The van der Waals surface area contributed by atoms with Crippen LogP contribution in [0.4, 0.5) is 6.01 Å². The van der Waals surface area contributed by atoms with E-state index in [0.717, 1.165) is 30.2 Å². The first-order chi connectivity index (χ1) is 9.85. The van der Waals surface area contributed by atoms with E-state index in [4.69, 9.17) is 4.42 Å². The van der Waals surface area contributed by atoms with Crippen LogP contribution in [-0.4, -0.2) is 48.7 Å². The fourth-order valence-corrected chi connectivity index (χ4v) is 3.79. The van der Waals surface area contributed by atoms with Crippen molar-refractivity contribution in [2.75, 3.05) is 44.2 Å². The van der Waals surface area contributed by atoms with Crippen LogP contribution in [0.1, 0.15) is 19.3 Å². The summed E-state index contributed by atoms with van der Waals surface area (Å²) in [6.45, 7) is 7.48. The molecule has 0 aliphatic carbocycles. The van der Waals surface area contributed by atoms with Crippen LogP contribution in [-0.2, 0) is 0 Å². The normalized spacial score (nSPS) is 22.5. The van der Waals surface area contributed by atoms with Crippen molar-refractivity contribution in [3.8, 4) is 0 Å². The number of anilines is 1. The van der Waals surface area contributed by atoms with Crippen molar-refractivity contribution in [2.24, 2.45) is 0 Å². The van der Waals surface area contributed by atoms with Gasteiger partial charge in [0.05, 0.1) is 32.7 Å². The summed E-state index contributed by atoms with van der Waals surface area (Å²) in [6.07, 6.45) is 4.06. The van der Waals surface area contributed by atoms with E-state index in [-0.39, 0.29) is 0 Å². The molecule has 2 aromatic rings. The van der Waals surface area contributed by atoms with Crippen LogP contribution in [0.15, 0.2) is 28.7 Å². The molecular weight excluding hydrogens is 250 g/mol. The number of aromatic nitrogens is 1. The second-order valence-electron chi connectivity index (χ2n) is 6.25. The fourth-order valence-electron chi connectivity index (χ4n) is 3.79. The fraction of sp³-hybridized carbons (Fsp3) is 0.562. The molecule has 2 saturated heterocycles. The van der Waals surface area contributed by atoms with Gasteiger partial charge in [-0.15, -0.1) is 0 Å². The van der Waals surface area contributed by atoms with Gasteiger partial charge in [-0.05, 0) is 12.1 Å². The lowest BCUT2D eigenvalue weighted by Crippen LogP contribution is -2.47. The van der Waals surface area contributed by atoms with E-state index in [1.165, 1.54) is 49.9 Å². The highest BCUT2D eigenvalue weighted by atomic mass is 16.4. The largest absolute Gasteiger partial charge is 0.423 e.